The molecule has 7 nitrogen and oxygen atoms in total. The Labute approximate surface area is 204 Å². The molecule has 2 heterocycles. The van der Waals surface area contributed by atoms with Crippen LogP contribution in [0.5, 0.6) is 0 Å². The van der Waals surface area contributed by atoms with Crippen LogP contribution in [-0.4, -0.2) is 33.6 Å². The molecule has 3 aromatic rings. The van der Waals surface area contributed by atoms with Crippen molar-refractivity contribution in [2.75, 3.05) is 11.9 Å². The van der Waals surface area contributed by atoms with Gasteiger partial charge in [0.1, 0.15) is 5.69 Å². The summed E-state index contributed by atoms with van der Waals surface area (Å²) in [5.41, 5.74) is 4.80. The summed E-state index contributed by atoms with van der Waals surface area (Å²) >= 11 is 1.50. The molecule has 1 amide bonds. The molecular formula is C26H30N6OS. The lowest BCUT2D eigenvalue weighted by Gasteiger charge is -2.08. The number of benzene rings is 1. The maximum atomic E-state index is 12.6. The number of rotatable bonds is 10. The molecule has 0 radical (unpaired) electrons. The number of hydrogen-bond donors (Lipinski definition) is 3. The highest BCUT2D eigenvalue weighted by Gasteiger charge is 2.12. The number of anilines is 2. The predicted octanol–water partition coefficient (Wildman–Crippen LogP) is 6.36. The maximum Gasteiger partial charge on any atom is 0.268 e. The second-order valence-corrected chi connectivity index (χ2v) is 8.62. The van der Waals surface area contributed by atoms with E-state index in [1.165, 1.54) is 11.8 Å². The molecule has 0 saturated heterocycles. The predicted molar refractivity (Wildman–Crippen MR) is 145 cm³/mol. The molecule has 0 unspecified atom stereocenters. The normalized spacial score (nSPS) is 12.1. The fourth-order valence-electron chi connectivity index (χ4n) is 3.27. The summed E-state index contributed by atoms with van der Waals surface area (Å²) in [6.45, 7) is 12.3. The van der Waals surface area contributed by atoms with Gasteiger partial charge in [-0.2, -0.15) is 0 Å². The molecule has 1 aromatic carbocycles. The Morgan fingerprint density at radius 1 is 1.29 bits per heavy atom. The van der Waals surface area contributed by atoms with Crippen LogP contribution in [-0.2, 0) is 0 Å². The second-order valence-electron chi connectivity index (χ2n) is 7.53. The number of fused-ring (bicyclic) bond motifs is 1. The fraction of sp³-hybridized carbons (Fsp3) is 0.231. The Balaban J connectivity index is 1.78. The van der Waals surface area contributed by atoms with E-state index in [0.717, 1.165) is 44.9 Å². The van der Waals surface area contributed by atoms with Crippen LogP contribution in [0.3, 0.4) is 0 Å². The minimum atomic E-state index is -0.171. The Morgan fingerprint density at radius 2 is 2.12 bits per heavy atom. The summed E-state index contributed by atoms with van der Waals surface area (Å²) in [4.78, 5) is 30.1. The zero-order valence-corrected chi connectivity index (χ0v) is 20.8. The number of hydrogen-bond acceptors (Lipinski definition) is 6. The molecule has 176 valence electrons. The van der Waals surface area contributed by atoms with Crippen LogP contribution in [0.15, 0.2) is 64.5 Å². The molecule has 3 N–H and O–H groups in total. The molecule has 0 saturated carbocycles. The first kappa shape index (κ1) is 25.0. The van der Waals surface area contributed by atoms with E-state index in [0.29, 0.717) is 18.2 Å². The third kappa shape index (κ3) is 6.45. The summed E-state index contributed by atoms with van der Waals surface area (Å²) in [6, 6.07) is 7.65. The van der Waals surface area contributed by atoms with Crippen molar-refractivity contribution < 1.29 is 4.79 Å². The molecule has 2 aromatic heterocycles. The third-order valence-corrected chi connectivity index (χ3v) is 5.73. The highest BCUT2D eigenvalue weighted by Crippen LogP contribution is 2.26. The monoisotopic (exact) mass is 474 g/mol. The van der Waals surface area contributed by atoms with Gasteiger partial charge >= 0.3 is 0 Å². The van der Waals surface area contributed by atoms with Crippen LogP contribution in [0.2, 0.25) is 0 Å². The smallest absolute Gasteiger partial charge is 0.268 e. The first-order valence-electron chi connectivity index (χ1n) is 11.1. The zero-order chi connectivity index (χ0) is 24.5. The average molecular weight is 475 g/mol. The van der Waals surface area contributed by atoms with Gasteiger partial charge < -0.3 is 15.6 Å². The number of aromatic amines is 1. The maximum absolute atomic E-state index is 12.6. The zero-order valence-electron chi connectivity index (χ0n) is 20.0. The number of carbonyl (C=O) groups is 1. The molecule has 34 heavy (non-hydrogen) atoms. The van der Waals surface area contributed by atoms with Gasteiger partial charge in [-0.05, 0) is 62.4 Å². The average Bonchev–Trinajstić information content (AvgIpc) is 3.27. The molecular weight excluding hydrogens is 444 g/mol. The van der Waals surface area contributed by atoms with E-state index in [2.05, 4.69) is 37.2 Å². The van der Waals surface area contributed by atoms with Gasteiger partial charge in [-0.15, -0.1) is 11.8 Å². The molecule has 0 spiro atoms. The largest absolute Gasteiger partial charge is 0.350 e. The van der Waals surface area contributed by atoms with Gasteiger partial charge in [-0.3, -0.25) is 9.79 Å². The van der Waals surface area contributed by atoms with Crippen molar-refractivity contribution in [1.82, 2.24) is 20.3 Å². The van der Waals surface area contributed by atoms with E-state index in [1.807, 2.05) is 75.7 Å². The molecule has 0 fully saturated rings. The molecule has 0 aliphatic heterocycles. The molecule has 3 rings (SSSR count). The van der Waals surface area contributed by atoms with E-state index < -0.39 is 0 Å². The number of H-pyrrole nitrogens is 1. The van der Waals surface area contributed by atoms with E-state index in [-0.39, 0.29) is 5.91 Å². The summed E-state index contributed by atoms with van der Waals surface area (Å²) < 4.78 is 0. The molecule has 0 atom stereocenters. The number of carbonyl (C=O) groups excluding carboxylic acids is 1. The lowest BCUT2D eigenvalue weighted by atomic mass is 10.1. The quantitative estimate of drug-likeness (QED) is 0.297. The molecule has 0 aliphatic rings. The van der Waals surface area contributed by atoms with Crippen LogP contribution in [0, 0.1) is 6.92 Å². The number of allylic oxidation sites excluding steroid dienone is 2. The van der Waals surface area contributed by atoms with Crippen molar-refractivity contribution in [2.24, 2.45) is 4.99 Å². The SMILES string of the molecule is C=C(CNC(=O)c1cc2cc(Nc3nccc(/C(=C/C)N=CCC)n3)cc(C)c2[nH]1)S/C=C\C. The van der Waals surface area contributed by atoms with Crippen molar-refractivity contribution in [2.45, 2.75) is 34.1 Å². The van der Waals surface area contributed by atoms with Crippen molar-refractivity contribution in [3.8, 4) is 0 Å². The summed E-state index contributed by atoms with van der Waals surface area (Å²) in [5, 5.41) is 9.04. The number of thioether (sulfide) groups is 1. The highest BCUT2D eigenvalue weighted by molar-refractivity contribution is 8.05. The number of amides is 1. The molecule has 0 aliphatic carbocycles. The number of nitrogens with one attached hydrogen (secondary N) is 3. The number of nitrogens with zero attached hydrogens (tertiary/aromatic N) is 3. The van der Waals surface area contributed by atoms with Gasteiger partial charge in [0.25, 0.3) is 5.91 Å². The van der Waals surface area contributed by atoms with Gasteiger partial charge in [0.05, 0.1) is 11.4 Å². The molecule has 0 bridgehead atoms. The van der Waals surface area contributed by atoms with Crippen molar-refractivity contribution in [1.29, 1.82) is 0 Å². The van der Waals surface area contributed by atoms with Gasteiger partial charge in [-0.25, -0.2) is 9.97 Å². The van der Waals surface area contributed by atoms with Crippen LogP contribution in [0.25, 0.3) is 16.6 Å². The van der Waals surface area contributed by atoms with Crippen molar-refractivity contribution in [3.63, 3.8) is 0 Å². The summed E-state index contributed by atoms with van der Waals surface area (Å²) in [6.07, 6.45) is 8.29. The Morgan fingerprint density at radius 3 is 2.85 bits per heavy atom. The summed E-state index contributed by atoms with van der Waals surface area (Å²) in [7, 11) is 0. The van der Waals surface area contributed by atoms with E-state index in [1.54, 1.807) is 6.20 Å². The van der Waals surface area contributed by atoms with Gasteiger partial charge in [-0.1, -0.05) is 25.7 Å². The Hall–Kier alpha value is -3.65. The standard InChI is InChI=1S/C26H30N6OS/c1-6-10-27-21(8-3)22-9-11-28-26(32-22)30-20-13-17(4)24-19(14-20)15-23(31-24)25(33)29-16-18(5)34-12-7-2/h7-15,31H,5-6,16H2,1-4H3,(H,29,33)(H,28,30,32)/b12-7-,21-8-,27-10?. The van der Waals surface area contributed by atoms with E-state index in [4.69, 9.17) is 0 Å². The minimum absolute atomic E-state index is 0.171. The Bertz CT molecular complexity index is 1270. The lowest BCUT2D eigenvalue weighted by Crippen LogP contribution is -2.24. The summed E-state index contributed by atoms with van der Waals surface area (Å²) in [5.74, 6) is 0.308. The van der Waals surface area contributed by atoms with E-state index >= 15 is 0 Å². The highest BCUT2D eigenvalue weighted by atomic mass is 32.2. The number of aliphatic imine (C=N–C) groups is 1. The third-order valence-electron chi connectivity index (χ3n) is 4.85. The van der Waals surface area contributed by atoms with Crippen molar-refractivity contribution >= 4 is 52.1 Å². The van der Waals surface area contributed by atoms with E-state index in [9.17, 15) is 4.79 Å². The van der Waals surface area contributed by atoms with Crippen LogP contribution in [0.1, 0.15) is 48.9 Å². The van der Waals surface area contributed by atoms with Gasteiger partial charge in [0.2, 0.25) is 5.95 Å². The first-order chi connectivity index (χ1) is 16.4. The van der Waals surface area contributed by atoms with Gasteiger partial charge in [0.15, 0.2) is 0 Å². The van der Waals surface area contributed by atoms with Gasteiger partial charge in [0, 0.05) is 40.5 Å². The van der Waals surface area contributed by atoms with Crippen molar-refractivity contribution in [3.05, 3.63) is 76.5 Å². The van der Waals surface area contributed by atoms with Crippen LogP contribution in [0.4, 0.5) is 11.6 Å². The second kappa shape index (κ2) is 12.0. The Kier molecular flexibility index (Phi) is 8.81. The number of aromatic nitrogens is 3. The van der Waals surface area contributed by atoms with Crippen LogP contribution < -0.4 is 10.6 Å². The number of aryl methyl sites for hydroxylation is 1. The first-order valence-corrected chi connectivity index (χ1v) is 12.0. The fourth-order valence-corrected chi connectivity index (χ4v) is 3.75. The topological polar surface area (TPSA) is 95.1 Å². The molecule has 8 heteroatoms. The minimum Gasteiger partial charge on any atom is -0.350 e. The lowest BCUT2D eigenvalue weighted by molar-refractivity contribution is 0.0953. The van der Waals surface area contributed by atoms with Crippen LogP contribution >= 0.6 is 11.8 Å².